The summed E-state index contributed by atoms with van der Waals surface area (Å²) in [6.07, 6.45) is 4.39. The lowest BCUT2D eigenvalue weighted by molar-refractivity contribution is 0.424. The molecule has 150 valence electrons. The average Bonchev–Trinajstić information content (AvgIpc) is 3.29. The van der Waals surface area contributed by atoms with Gasteiger partial charge in [-0.05, 0) is 48.4 Å². The van der Waals surface area contributed by atoms with Gasteiger partial charge >= 0.3 is 0 Å². The molecule has 0 amide bonds. The Hall–Kier alpha value is -3.17. The molecule has 2 heterocycles. The second kappa shape index (κ2) is 7.69. The third-order valence-corrected chi connectivity index (χ3v) is 5.12. The first kappa shape index (κ1) is 19.2. The maximum absolute atomic E-state index is 11.3. The first-order valence-electron chi connectivity index (χ1n) is 9.11. The van der Waals surface area contributed by atoms with Gasteiger partial charge in [0.25, 0.3) is 5.89 Å². The van der Waals surface area contributed by atoms with Crippen molar-refractivity contribution in [3.63, 3.8) is 0 Å². The number of aromatic nitrogens is 3. The molecule has 4 rings (SSSR count). The summed E-state index contributed by atoms with van der Waals surface area (Å²) in [6, 6.07) is 13.0. The van der Waals surface area contributed by atoms with E-state index in [4.69, 9.17) is 10.3 Å². The highest BCUT2D eigenvalue weighted by Crippen LogP contribution is 2.25. The van der Waals surface area contributed by atoms with Gasteiger partial charge in [0, 0.05) is 34.8 Å². The molecule has 29 heavy (non-hydrogen) atoms. The number of aromatic amines is 1. The number of H-pyrrole nitrogens is 1. The lowest BCUT2D eigenvalue weighted by Gasteiger charge is -2.04. The fraction of sp³-hybridized carbons (Fsp3) is 0.200. The molecular weight excluding hydrogens is 390 g/mol. The van der Waals surface area contributed by atoms with Gasteiger partial charge in [-0.1, -0.05) is 23.4 Å². The Morgan fingerprint density at radius 1 is 1.17 bits per heavy atom. The summed E-state index contributed by atoms with van der Waals surface area (Å²) in [4.78, 5) is 7.74. The highest BCUT2D eigenvalue weighted by molar-refractivity contribution is 7.92. The second-order valence-corrected chi connectivity index (χ2v) is 8.63. The number of benzene rings is 2. The molecule has 0 aliphatic carbocycles. The molecular formula is C20H21N5O3S. The Labute approximate surface area is 168 Å². The zero-order valence-corrected chi connectivity index (χ0v) is 16.7. The van der Waals surface area contributed by atoms with Crippen molar-refractivity contribution in [2.45, 2.75) is 12.8 Å². The molecule has 2 aromatic carbocycles. The maximum Gasteiger partial charge on any atom is 0.258 e. The van der Waals surface area contributed by atoms with E-state index in [1.807, 2.05) is 36.5 Å². The molecule has 0 aliphatic rings. The lowest BCUT2D eigenvalue weighted by Crippen LogP contribution is -2.09. The lowest BCUT2D eigenvalue weighted by atomic mass is 10.1. The Morgan fingerprint density at radius 3 is 2.69 bits per heavy atom. The number of nitrogens with two attached hydrogens (primary N) is 1. The summed E-state index contributed by atoms with van der Waals surface area (Å²) in [5.74, 6) is 1.01. The molecule has 4 N–H and O–H groups in total. The summed E-state index contributed by atoms with van der Waals surface area (Å²) in [6.45, 7) is 0.604. The van der Waals surface area contributed by atoms with E-state index in [1.165, 1.54) is 5.56 Å². The molecule has 0 aliphatic heterocycles. The molecule has 8 nitrogen and oxygen atoms in total. The highest BCUT2D eigenvalue weighted by atomic mass is 32.2. The Bertz CT molecular complexity index is 1240. The van der Waals surface area contributed by atoms with Gasteiger partial charge < -0.3 is 15.2 Å². The first-order valence-corrected chi connectivity index (χ1v) is 11.0. The smallest absolute Gasteiger partial charge is 0.258 e. The maximum atomic E-state index is 11.3. The van der Waals surface area contributed by atoms with Crippen LogP contribution in [-0.2, 0) is 22.9 Å². The predicted molar refractivity (Wildman–Crippen MR) is 112 cm³/mol. The number of hydrogen-bond donors (Lipinski definition) is 3. The second-order valence-electron chi connectivity index (χ2n) is 6.88. The van der Waals surface area contributed by atoms with Crippen LogP contribution in [0.15, 0.2) is 53.2 Å². The van der Waals surface area contributed by atoms with Crippen LogP contribution in [0.2, 0.25) is 0 Å². The molecule has 0 unspecified atom stereocenters. The minimum absolute atomic E-state index is 0.451. The van der Waals surface area contributed by atoms with Crippen LogP contribution in [0.5, 0.6) is 0 Å². The summed E-state index contributed by atoms with van der Waals surface area (Å²) >= 11 is 0. The van der Waals surface area contributed by atoms with E-state index in [9.17, 15) is 8.42 Å². The SMILES string of the molecule is CS(=O)(=O)Nc1ccc(Cc2noc(-c3ccc4c(CCN)c[nH]c4c3)n2)cc1. The standard InChI is InChI=1S/C20H21N5O3S/c1-29(26,27)25-16-5-2-13(3-6-16)10-19-23-20(28-24-19)14-4-7-17-15(8-9-21)12-22-18(17)11-14/h2-7,11-12,22,25H,8-10,21H2,1H3. The van der Waals surface area contributed by atoms with Gasteiger partial charge in [-0.25, -0.2) is 8.42 Å². The van der Waals surface area contributed by atoms with E-state index in [0.29, 0.717) is 30.4 Å². The zero-order valence-electron chi connectivity index (χ0n) is 15.8. The quantitative estimate of drug-likeness (QED) is 0.429. The third-order valence-electron chi connectivity index (χ3n) is 4.52. The van der Waals surface area contributed by atoms with E-state index in [-0.39, 0.29) is 0 Å². The van der Waals surface area contributed by atoms with E-state index in [2.05, 4.69) is 19.8 Å². The van der Waals surface area contributed by atoms with E-state index in [0.717, 1.165) is 34.7 Å². The number of nitrogens with zero attached hydrogens (tertiary/aromatic N) is 2. The summed E-state index contributed by atoms with van der Waals surface area (Å²) in [5.41, 5.74) is 10.1. The molecule has 0 saturated carbocycles. The monoisotopic (exact) mass is 411 g/mol. The molecule has 0 bridgehead atoms. The molecule has 0 spiro atoms. The van der Waals surface area contributed by atoms with E-state index < -0.39 is 10.0 Å². The van der Waals surface area contributed by atoms with Crippen molar-refractivity contribution >= 4 is 26.6 Å². The van der Waals surface area contributed by atoms with Crippen LogP contribution < -0.4 is 10.5 Å². The molecule has 0 fully saturated rings. The fourth-order valence-corrected chi connectivity index (χ4v) is 3.78. The van der Waals surface area contributed by atoms with Crippen molar-refractivity contribution in [2.24, 2.45) is 5.73 Å². The van der Waals surface area contributed by atoms with Gasteiger partial charge in [-0.15, -0.1) is 0 Å². The topological polar surface area (TPSA) is 127 Å². The third kappa shape index (κ3) is 4.47. The van der Waals surface area contributed by atoms with Crippen molar-refractivity contribution in [3.8, 4) is 11.5 Å². The van der Waals surface area contributed by atoms with Crippen LogP contribution in [0.1, 0.15) is 17.0 Å². The van der Waals surface area contributed by atoms with Crippen LogP contribution in [0, 0.1) is 0 Å². The minimum atomic E-state index is -3.29. The van der Waals surface area contributed by atoms with Crippen LogP contribution >= 0.6 is 0 Å². The van der Waals surface area contributed by atoms with Crippen LogP contribution in [0.3, 0.4) is 0 Å². The Kier molecular flexibility index (Phi) is 5.08. The van der Waals surface area contributed by atoms with Gasteiger partial charge in [0.2, 0.25) is 10.0 Å². The van der Waals surface area contributed by atoms with Crippen molar-refractivity contribution in [3.05, 3.63) is 65.6 Å². The van der Waals surface area contributed by atoms with Crippen molar-refractivity contribution in [1.29, 1.82) is 0 Å². The van der Waals surface area contributed by atoms with Gasteiger partial charge in [0.05, 0.1) is 6.26 Å². The number of sulfonamides is 1. The molecule has 0 saturated heterocycles. The first-order chi connectivity index (χ1) is 13.9. The molecule has 0 atom stereocenters. The average molecular weight is 411 g/mol. The summed E-state index contributed by atoms with van der Waals surface area (Å²) < 4.78 is 30.4. The number of rotatable bonds is 7. The molecule has 9 heteroatoms. The van der Waals surface area contributed by atoms with Crippen LogP contribution in [0.4, 0.5) is 5.69 Å². The van der Waals surface area contributed by atoms with Crippen molar-refractivity contribution in [1.82, 2.24) is 15.1 Å². The van der Waals surface area contributed by atoms with Crippen LogP contribution in [0.25, 0.3) is 22.4 Å². The fourth-order valence-electron chi connectivity index (χ4n) is 3.21. The number of anilines is 1. The Balaban J connectivity index is 1.50. The van der Waals surface area contributed by atoms with E-state index in [1.54, 1.807) is 12.1 Å². The van der Waals surface area contributed by atoms with Crippen molar-refractivity contribution < 1.29 is 12.9 Å². The largest absolute Gasteiger partial charge is 0.361 e. The predicted octanol–water partition coefficient (Wildman–Crippen LogP) is 2.68. The number of nitrogens with one attached hydrogen (secondary N) is 2. The molecule has 0 radical (unpaired) electrons. The summed E-state index contributed by atoms with van der Waals surface area (Å²) in [5, 5.41) is 5.20. The Morgan fingerprint density at radius 2 is 1.97 bits per heavy atom. The highest BCUT2D eigenvalue weighted by Gasteiger charge is 2.12. The molecule has 4 aromatic rings. The number of hydrogen-bond acceptors (Lipinski definition) is 6. The van der Waals surface area contributed by atoms with Crippen molar-refractivity contribution in [2.75, 3.05) is 17.5 Å². The van der Waals surface area contributed by atoms with Crippen LogP contribution in [-0.4, -0.2) is 36.3 Å². The van der Waals surface area contributed by atoms with Gasteiger partial charge in [0.1, 0.15) is 0 Å². The van der Waals surface area contributed by atoms with Gasteiger partial charge in [0.15, 0.2) is 5.82 Å². The van der Waals surface area contributed by atoms with Gasteiger partial charge in [-0.2, -0.15) is 4.98 Å². The minimum Gasteiger partial charge on any atom is -0.361 e. The van der Waals surface area contributed by atoms with Gasteiger partial charge in [-0.3, -0.25) is 4.72 Å². The molecule has 2 aromatic heterocycles. The normalized spacial score (nSPS) is 11.8. The number of fused-ring (bicyclic) bond motifs is 1. The summed E-state index contributed by atoms with van der Waals surface area (Å²) in [7, 11) is -3.29. The zero-order chi connectivity index (χ0) is 20.4. The van der Waals surface area contributed by atoms with E-state index >= 15 is 0 Å².